The maximum absolute atomic E-state index is 12.4. The Kier molecular flexibility index (Phi) is 6.78. The molecule has 0 aliphatic carbocycles. The zero-order valence-electron chi connectivity index (χ0n) is 18.1. The summed E-state index contributed by atoms with van der Waals surface area (Å²) in [5.41, 5.74) is 3.97. The molecule has 30 heavy (non-hydrogen) atoms. The van der Waals surface area contributed by atoms with Crippen molar-refractivity contribution in [3.05, 3.63) is 95.1 Å². The molecule has 0 aliphatic heterocycles. The highest BCUT2D eigenvalue weighted by molar-refractivity contribution is 5.94. The second-order valence-electron chi connectivity index (χ2n) is 8.25. The van der Waals surface area contributed by atoms with Crippen molar-refractivity contribution in [1.82, 2.24) is 5.32 Å². The Morgan fingerprint density at radius 3 is 2.20 bits per heavy atom. The van der Waals surface area contributed by atoms with Crippen LogP contribution in [-0.4, -0.2) is 13.0 Å². The van der Waals surface area contributed by atoms with Gasteiger partial charge in [-0.15, -0.1) is 0 Å². The van der Waals surface area contributed by atoms with Gasteiger partial charge in [-0.2, -0.15) is 0 Å². The van der Waals surface area contributed by atoms with Crippen LogP contribution in [0.25, 0.3) is 0 Å². The van der Waals surface area contributed by atoms with E-state index in [0.29, 0.717) is 18.7 Å². The maximum atomic E-state index is 12.4. The molecule has 3 aromatic carbocycles. The quantitative estimate of drug-likeness (QED) is 0.566. The van der Waals surface area contributed by atoms with E-state index in [0.717, 1.165) is 22.6 Å². The predicted molar refractivity (Wildman–Crippen MR) is 120 cm³/mol. The van der Waals surface area contributed by atoms with Gasteiger partial charge in [0.25, 0.3) is 5.91 Å². The van der Waals surface area contributed by atoms with E-state index in [1.54, 1.807) is 7.11 Å². The number of amides is 1. The fourth-order valence-electron chi connectivity index (χ4n) is 3.10. The van der Waals surface area contributed by atoms with E-state index >= 15 is 0 Å². The predicted octanol–water partition coefficient (Wildman–Crippen LogP) is 5.50. The van der Waals surface area contributed by atoms with Crippen LogP contribution in [0.1, 0.15) is 47.8 Å². The Morgan fingerprint density at radius 2 is 1.57 bits per heavy atom. The topological polar surface area (TPSA) is 47.6 Å². The highest BCUT2D eigenvalue weighted by Gasteiger charge is 2.13. The molecule has 1 amide bonds. The lowest BCUT2D eigenvalue weighted by atomic mass is 9.87. The first-order chi connectivity index (χ1) is 14.4. The van der Waals surface area contributed by atoms with Gasteiger partial charge in [0.1, 0.15) is 18.1 Å². The van der Waals surface area contributed by atoms with Gasteiger partial charge in [0.2, 0.25) is 0 Å². The second-order valence-corrected chi connectivity index (χ2v) is 8.25. The van der Waals surface area contributed by atoms with E-state index in [1.165, 1.54) is 5.56 Å². The Hall–Kier alpha value is -3.27. The molecule has 3 aromatic rings. The molecule has 0 heterocycles. The van der Waals surface area contributed by atoms with Crippen LogP contribution in [0.3, 0.4) is 0 Å². The number of carbonyl (C=O) groups is 1. The van der Waals surface area contributed by atoms with Crippen LogP contribution in [0.15, 0.2) is 72.8 Å². The standard InChI is InChI=1S/C26H29NO3/c1-26(2,3)22-13-15-23(16-14-22)30-18-19-9-11-20(12-10-19)25(28)27-17-21-7-5-6-8-24(21)29-4/h5-16H,17-18H2,1-4H3,(H,27,28). The first kappa shape index (κ1) is 21.4. The van der Waals surface area contributed by atoms with Crippen molar-refractivity contribution >= 4 is 5.91 Å². The van der Waals surface area contributed by atoms with E-state index in [9.17, 15) is 4.79 Å². The third kappa shape index (κ3) is 5.63. The Labute approximate surface area is 178 Å². The Morgan fingerprint density at radius 1 is 0.900 bits per heavy atom. The fraction of sp³-hybridized carbons (Fsp3) is 0.269. The van der Waals surface area contributed by atoms with Gasteiger partial charge < -0.3 is 14.8 Å². The summed E-state index contributed by atoms with van der Waals surface area (Å²) in [5, 5.41) is 2.93. The summed E-state index contributed by atoms with van der Waals surface area (Å²) in [7, 11) is 1.63. The van der Waals surface area contributed by atoms with Crippen molar-refractivity contribution in [2.75, 3.05) is 7.11 Å². The SMILES string of the molecule is COc1ccccc1CNC(=O)c1ccc(COc2ccc(C(C)(C)C)cc2)cc1. The average molecular weight is 404 g/mol. The fourth-order valence-corrected chi connectivity index (χ4v) is 3.10. The van der Waals surface area contributed by atoms with Crippen LogP contribution in [0.2, 0.25) is 0 Å². The molecule has 0 spiro atoms. The lowest BCUT2D eigenvalue weighted by molar-refractivity contribution is 0.0950. The van der Waals surface area contributed by atoms with Gasteiger partial charge in [-0.3, -0.25) is 4.79 Å². The molecule has 0 bridgehead atoms. The molecule has 0 saturated heterocycles. The molecular weight excluding hydrogens is 374 g/mol. The summed E-state index contributed by atoms with van der Waals surface area (Å²) < 4.78 is 11.2. The first-order valence-electron chi connectivity index (χ1n) is 10.1. The van der Waals surface area contributed by atoms with E-state index < -0.39 is 0 Å². The number of hydrogen-bond acceptors (Lipinski definition) is 3. The van der Waals surface area contributed by atoms with Crippen molar-refractivity contribution in [3.63, 3.8) is 0 Å². The third-order valence-electron chi connectivity index (χ3n) is 4.97. The molecule has 0 fully saturated rings. The molecule has 0 atom stereocenters. The lowest BCUT2D eigenvalue weighted by Crippen LogP contribution is -2.23. The highest BCUT2D eigenvalue weighted by atomic mass is 16.5. The molecule has 4 nitrogen and oxygen atoms in total. The van der Waals surface area contributed by atoms with Gasteiger partial charge in [0.15, 0.2) is 0 Å². The van der Waals surface area contributed by atoms with E-state index in [-0.39, 0.29) is 11.3 Å². The van der Waals surface area contributed by atoms with Gasteiger partial charge >= 0.3 is 0 Å². The zero-order valence-corrected chi connectivity index (χ0v) is 18.1. The molecule has 0 saturated carbocycles. The second kappa shape index (κ2) is 9.49. The lowest BCUT2D eigenvalue weighted by Gasteiger charge is -2.19. The van der Waals surface area contributed by atoms with Crippen LogP contribution in [0.5, 0.6) is 11.5 Å². The minimum Gasteiger partial charge on any atom is -0.496 e. The van der Waals surface area contributed by atoms with Gasteiger partial charge in [0.05, 0.1) is 7.11 Å². The number of carbonyl (C=O) groups excluding carboxylic acids is 1. The number of nitrogens with one attached hydrogen (secondary N) is 1. The van der Waals surface area contributed by atoms with Gasteiger partial charge in [-0.1, -0.05) is 63.2 Å². The first-order valence-corrected chi connectivity index (χ1v) is 10.1. The molecule has 0 aromatic heterocycles. The van der Waals surface area contributed by atoms with Crippen LogP contribution in [0, 0.1) is 0 Å². The summed E-state index contributed by atoms with van der Waals surface area (Å²) >= 11 is 0. The summed E-state index contributed by atoms with van der Waals surface area (Å²) in [6, 6.07) is 23.3. The van der Waals surface area contributed by atoms with Gasteiger partial charge in [0, 0.05) is 17.7 Å². The Balaban J connectivity index is 1.53. The minimum absolute atomic E-state index is 0.119. The molecule has 0 radical (unpaired) electrons. The number of hydrogen-bond donors (Lipinski definition) is 1. The van der Waals surface area contributed by atoms with Crippen molar-refractivity contribution < 1.29 is 14.3 Å². The van der Waals surface area contributed by atoms with Crippen LogP contribution in [-0.2, 0) is 18.6 Å². The van der Waals surface area contributed by atoms with E-state index in [2.05, 4.69) is 38.2 Å². The molecular formula is C26H29NO3. The van der Waals surface area contributed by atoms with Crippen LogP contribution >= 0.6 is 0 Å². The summed E-state index contributed by atoms with van der Waals surface area (Å²) in [4.78, 5) is 12.4. The summed E-state index contributed by atoms with van der Waals surface area (Å²) in [5.74, 6) is 1.48. The average Bonchev–Trinajstić information content (AvgIpc) is 2.76. The van der Waals surface area contributed by atoms with Crippen LogP contribution in [0.4, 0.5) is 0 Å². The molecule has 0 unspecified atom stereocenters. The zero-order chi connectivity index (χ0) is 21.6. The maximum Gasteiger partial charge on any atom is 0.251 e. The number of benzene rings is 3. The van der Waals surface area contributed by atoms with Gasteiger partial charge in [-0.05, 0) is 46.9 Å². The minimum atomic E-state index is -0.119. The van der Waals surface area contributed by atoms with Crippen LogP contribution < -0.4 is 14.8 Å². The molecule has 1 N–H and O–H groups in total. The normalized spacial score (nSPS) is 11.1. The van der Waals surface area contributed by atoms with E-state index in [1.807, 2.05) is 60.7 Å². The summed E-state index contributed by atoms with van der Waals surface area (Å²) in [6.07, 6.45) is 0. The smallest absolute Gasteiger partial charge is 0.251 e. The van der Waals surface area contributed by atoms with Crippen molar-refractivity contribution in [2.45, 2.75) is 39.3 Å². The van der Waals surface area contributed by atoms with Gasteiger partial charge in [-0.25, -0.2) is 0 Å². The van der Waals surface area contributed by atoms with Crippen molar-refractivity contribution in [1.29, 1.82) is 0 Å². The number of para-hydroxylation sites is 1. The highest BCUT2D eigenvalue weighted by Crippen LogP contribution is 2.24. The third-order valence-corrected chi connectivity index (χ3v) is 4.97. The van der Waals surface area contributed by atoms with E-state index in [4.69, 9.17) is 9.47 Å². The molecule has 156 valence electrons. The number of ether oxygens (including phenoxy) is 2. The number of methoxy groups -OCH3 is 1. The molecule has 3 rings (SSSR count). The summed E-state index contributed by atoms with van der Waals surface area (Å²) in [6.45, 7) is 7.45. The molecule has 4 heteroatoms. The van der Waals surface area contributed by atoms with Crippen molar-refractivity contribution in [3.8, 4) is 11.5 Å². The Bertz CT molecular complexity index is 970. The van der Waals surface area contributed by atoms with Crippen molar-refractivity contribution in [2.24, 2.45) is 0 Å². The number of rotatable bonds is 7. The molecule has 0 aliphatic rings. The monoisotopic (exact) mass is 403 g/mol. The largest absolute Gasteiger partial charge is 0.496 e.